The average Bonchev–Trinajstić information content (AvgIpc) is 2.70. The lowest BCUT2D eigenvalue weighted by Crippen LogP contribution is -2.06. The van der Waals surface area contributed by atoms with E-state index in [0.717, 1.165) is 25.3 Å². The summed E-state index contributed by atoms with van der Waals surface area (Å²) in [5.41, 5.74) is 6.20. The van der Waals surface area contributed by atoms with E-state index in [1.54, 1.807) is 6.20 Å². The number of unbranched alkanes of at least 4 members (excludes halogenated alkanes) is 2. The molecule has 0 spiro atoms. The first-order valence-corrected chi connectivity index (χ1v) is 9.20. The molecular formula is C11H22N3PS. The molecule has 1 atom stereocenters. The van der Waals surface area contributed by atoms with Crippen molar-refractivity contribution in [2.75, 3.05) is 12.3 Å². The lowest BCUT2D eigenvalue weighted by molar-refractivity contribution is 0.680. The first kappa shape index (κ1) is 13.9. The van der Waals surface area contributed by atoms with Crippen LogP contribution in [0.25, 0.3) is 0 Å². The van der Waals surface area contributed by atoms with Gasteiger partial charge in [-0.15, -0.1) is 0 Å². The van der Waals surface area contributed by atoms with Gasteiger partial charge in [-0.1, -0.05) is 31.6 Å². The first-order chi connectivity index (χ1) is 7.64. The Balaban J connectivity index is 2.17. The molecule has 0 saturated carbocycles. The van der Waals surface area contributed by atoms with Gasteiger partial charge in [-0.2, -0.15) is 0 Å². The van der Waals surface area contributed by atoms with Crippen molar-refractivity contribution in [3.8, 4) is 0 Å². The maximum Gasteiger partial charge on any atom is 0.0945 e. The van der Waals surface area contributed by atoms with Crippen LogP contribution in [0, 0.1) is 0 Å². The molecule has 2 N–H and O–H groups in total. The molecule has 1 aromatic rings. The van der Waals surface area contributed by atoms with Crippen molar-refractivity contribution < 1.29 is 0 Å². The Labute approximate surface area is 104 Å². The molecule has 0 aliphatic rings. The minimum Gasteiger partial charge on any atom is -0.337 e. The number of hydrogen-bond donors (Lipinski definition) is 1. The Kier molecular flexibility index (Phi) is 6.25. The molecule has 5 heteroatoms. The van der Waals surface area contributed by atoms with Gasteiger partial charge in [-0.25, -0.2) is 4.98 Å². The van der Waals surface area contributed by atoms with Crippen molar-refractivity contribution in [1.29, 1.82) is 0 Å². The molecule has 0 fully saturated rings. The van der Waals surface area contributed by atoms with Gasteiger partial charge in [0.2, 0.25) is 0 Å². The van der Waals surface area contributed by atoms with Gasteiger partial charge in [0.1, 0.15) is 0 Å². The van der Waals surface area contributed by atoms with Crippen molar-refractivity contribution in [3.63, 3.8) is 0 Å². The Morgan fingerprint density at radius 1 is 1.31 bits per heavy atom. The van der Waals surface area contributed by atoms with E-state index in [2.05, 4.69) is 16.5 Å². The zero-order valence-corrected chi connectivity index (χ0v) is 11.7. The number of imidazole rings is 1. The SMILES string of the molecule is CCCCCP(N)(=S)CCCn1ccnc1. The van der Waals surface area contributed by atoms with E-state index >= 15 is 0 Å². The molecule has 0 aliphatic heterocycles. The summed E-state index contributed by atoms with van der Waals surface area (Å²) in [5.74, 6) is 0. The quantitative estimate of drug-likeness (QED) is 0.576. The van der Waals surface area contributed by atoms with Crippen LogP contribution < -0.4 is 5.50 Å². The van der Waals surface area contributed by atoms with Crippen LogP contribution in [0.1, 0.15) is 32.6 Å². The van der Waals surface area contributed by atoms with Crippen molar-refractivity contribution in [1.82, 2.24) is 9.55 Å². The summed E-state index contributed by atoms with van der Waals surface area (Å²) in [5, 5.41) is 0. The summed E-state index contributed by atoms with van der Waals surface area (Å²) in [6.07, 6.45) is 11.0. The molecule has 1 heterocycles. The molecule has 16 heavy (non-hydrogen) atoms. The summed E-state index contributed by atoms with van der Waals surface area (Å²) >= 11 is 5.52. The Morgan fingerprint density at radius 3 is 2.69 bits per heavy atom. The van der Waals surface area contributed by atoms with E-state index in [1.165, 1.54) is 19.3 Å². The molecule has 0 amide bonds. The Morgan fingerprint density at radius 2 is 2.06 bits per heavy atom. The predicted molar refractivity (Wildman–Crippen MR) is 74.6 cm³/mol. The third kappa shape index (κ3) is 5.78. The molecule has 1 unspecified atom stereocenters. The summed E-state index contributed by atoms with van der Waals surface area (Å²) in [6, 6.07) is 0. The smallest absolute Gasteiger partial charge is 0.0945 e. The lowest BCUT2D eigenvalue weighted by atomic mass is 10.3. The Hall–Kier alpha value is -0.180. The van der Waals surface area contributed by atoms with Crippen molar-refractivity contribution >= 4 is 18.0 Å². The van der Waals surface area contributed by atoms with Gasteiger partial charge in [0.15, 0.2) is 0 Å². The minimum atomic E-state index is -1.54. The first-order valence-electron chi connectivity index (χ1n) is 5.96. The van der Waals surface area contributed by atoms with E-state index < -0.39 is 6.19 Å². The average molecular weight is 259 g/mol. The molecule has 1 aromatic heterocycles. The van der Waals surface area contributed by atoms with E-state index in [9.17, 15) is 0 Å². The molecule has 0 aromatic carbocycles. The van der Waals surface area contributed by atoms with E-state index in [1.807, 2.05) is 12.5 Å². The second kappa shape index (κ2) is 7.21. The van der Waals surface area contributed by atoms with Gasteiger partial charge in [-0.05, 0) is 25.2 Å². The zero-order chi connectivity index (χ0) is 11.9. The van der Waals surface area contributed by atoms with Gasteiger partial charge < -0.3 is 10.1 Å². The van der Waals surface area contributed by atoms with Crippen LogP contribution in [-0.4, -0.2) is 21.9 Å². The highest BCUT2D eigenvalue weighted by atomic mass is 32.4. The summed E-state index contributed by atoms with van der Waals surface area (Å²) in [7, 11) is 0. The molecule has 0 aliphatic carbocycles. The predicted octanol–water partition coefficient (Wildman–Crippen LogP) is 2.82. The van der Waals surface area contributed by atoms with E-state index in [0.29, 0.717) is 0 Å². The van der Waals surface area contributed by atoms with Crippen molar-refractivity contribution in [2.45, 2.75) is 39.2 Å². The number of aromatic nitrogens is 2. The fraction of sp³-hybridized carbons (Fsp3) is 0.727. The molecule has 3 nitrogen and oxygen atoms in total. The second-order valence-electron chi connectivity index (χ2n) is 4.26. The third-order valence-corrected chi connectivity index (χ3v) is 5.89. The standard InChI is InChI=1S/C11H22N3PS/c1-2-3-4-9-15(12,16)10-5-7-14-8-6-13-11-14/h6,8,11H,2-5,7,9-10H2,1H3,(H2,12,16). The lowest BCUT2D eigenvalue weighted by Gasteiger charge is -2.16. The van der Waals surface area contributed by atoms with E-state index in [4.69, 9.17) is 17.3 Å². The minimum absolute atomic E-state index is 0.989. The summed E-state index contributed by atoms with van der Waals surface area (Å²) in [4.78, 5) is 4.01. The van der Waals surface area contributed by atoms with Crippen LogP contribution >= 0.6 is 6.19 Å². The summed E-state index contributed by atoms with van der Waals surface area (Å²) in [6.45, 7) is 3.20. The molecule has 1 rings (SSSR count). The monoisotopic (exact) mass is 259 g/mol. The van der Waals surface area contributed by atoms with Gasteiger partial charge in [0.25, 0.3) is 0 Å². The van der Waals surface area contributed by atoms with Crippen LogP contribution in [0.5, 0.6) is 0 Å². The van der Waals surface area contributed by atoms with Crippen molar-refractivity contribution in [2.24, 2.45) is 5.50 Å². The maximum atomic E-state index is 6.20. The number of rotatable bonds is 8. The highest BCUT2D eigenvalue weighted by molar-refractivity contribution is 8.13. The largest absolute Gasteiger partial charge is 0.337 e. The third-order valence-electron chi connectivity index (χ3n) is 2.65. The molecular weight excluding hydrogens is 237 g/mol. The Bertz CT molecular complexity index is 324. The second-order valence-corrected chi connectivity index (χ2v) is 9.24. The van der Waals surface area contributed by atoms with E-state index in [-0.39, 0.29) is 0 Å². The van der Waals surface area contributed by atoms with Gasteiger partial charge in [-0.3, -0.25) is 0 Å². The number of nitrogens with two attached hydrogens (primary N) is 1. The van der Waals surface area contributed by atoms with Crippen LogP contribution in [0.4, 0.5) is 0 Å². The van der Waals surface area contributed by atoms with Gasteiger partial charge in [0.05, 0.1) is 6.33 Å². The molecule has 92 valence electrons. The van der Waals surface area contributed by atoms with Gasteiger partial charge in [0, 0.05) is 25.1 Å². The topological polar surface area (TPSA) is 43.8 Å². The highest BCUT2D eigenvalue weighted by Gasteiger charge is 2.09. The van der Waals surface area contributed by atoms with Crippen LogP contribution in [0.2, 0.25) is 0 Å². The molecule has 0 saturated heterocycles. The van der Waals surface area contributed by atoms with Crippen LogP contribution in [0.15, 0.2) is 18.7 Å². The highest BCUT2D eigenvalue weighted by Crippen LogP contribution is 2.38. The van der Waals surface area contributed by atoms with Crippen LogP contribution in [0.3, 0.4) is 0 Å². The molecule has 0 radical (unpaired) electrons. The maximum absolute atomic E-state index is 6.20. The van der Waals surface area contributed by atoms with Gasteiger partial charge >= 0.3 is 0 Å². The fourth-order valence-electron chi connectivity index (χ4n) is 1.68. The molecule has 0 bridgehead atoms. The number of aryl methyl sites for hydroxylation is 1. The zero-order valence-electron chi connectivity index (χ0n) is 10.0. The number of hydrogen-bond acceptors (Lipinski definition) is 2. The normalized spacial score (nSPS) is 14.9. The van der Waals surface area contributed by atoms with Crippen molar-refractivity contribution in [3.05, 3.63) is 18.7 Å². The summed E-state index contributed by atoms with van der Waals surface area (Å²) < 4.78 is 2.08. The number of nitrogens with zero attached hydrogens (tertiary/aromatic N) is 2. The van der Waals surface area contributed by atoms with Crippen LogP contribution in [-0.2, 0) is 18.4 Å². The fourth-order valence-corrected chi connectivity index (χ4v) is 4.11.